The van der Waals surface area contributed by atoms with Crippen LogP contribution in [-0.4, -0.2) is 23.1 Å². The number of carbonyl (C=O) groups is 3. The summed E-state index contributed by atoms with van der Waals surface area (Å²) in [5.41, 5.74) is 1.28. The van der Waals surface area contributed by atoms with E-state index in [9.17, 15) is 14.4 Å². The highest BCUT2D eigenvalue weighted by molar-refractivity contribution is 5.87. The summed E-state index contributed by atoms with van der Waals surface area (Å²) in [6, 6.07) is 8.10. The third-order valence-electron chi connectivity index (χ3n) is 4.45. The minimum absolute atomic E-state index is 0.119. The highest BCUT2D eigenvalue weighted by atomic mass is 16.5. The van der Waals surface area contributed by atoms with Gasteiger partial charge in [-0.2, -0.15) is 0 Å². The van der Waals surface area contributed by atoms with Crippen LogP contribution in [0.4, 0.5) is 0 Å². The van der Waals surface area contributed by atoms with Crippen LogP contribution < -0.4 is 4.74 Å². The van der Waals surface area contributed by atoms with Gasteiger partial charge in [-0.1, -0.05) is 24.3 Å². The molecule has 1 aliphatic heterocycles. The summed E-state index contributed by atoms with van der Waals surface area (Å²) >= 11 is 0. The first-order valence-electron chi connectivity index (χ1n) is 8.66. The molecule has 0 unspecified atom stereocenters. The maximum absolute atomic E-state index is 11.5. The Morgan fingerprint density at radius 1 is 1.32 bits per heavy atom. The quantitative estimate of drug-likeness (QED) is 0.465. The number of hydrogen-bond acceptors (Lipinski definition) is 4. The van der Waals surface area contributed by atoms with Gasteiger partial charge in [0.05, 0.1) is 0 Å². The molecule has 2 bridgehead atoms. The van der Waals surface area contributed by atoms with Crippen molar-refractivity contribution in [2.24, 2.45) is 11.8 Å². The zero-order valence-electron chi connectivity index (χ0n) is 14.2. The van der Waals surface area contributed by atoms with Crippen LogP contribution in [0.15, 0.2) is 36.4 Å². The molecule has 5 heteroatoms. The normalized spacial score (nSPS) is 20.9. The number of rotatable bonds is 7. The van der Waals surface area contributed by atoms with Gasteiger partial charge in [-0.15, -0.1) is 0 Å². The fraction of sp³-hybridized carbons (Fsp3) is 0.450. The minimum Gasteiger partial charge on any atom is -0.489 e. The molecule has 1 N–H and O–H groups in total. The number of carboxylic acids is 1. The summed E-state index contributed by atoms with van der Waals surface area (Å²) in [5.74, 6) is 0.125. The van der Waals surface area contributed by atoms with Gasteiger partial charge >= 0.3 is 5.97 Å². The van der Waals surface area contributed by atoms with Gasteiger partial charge in [0, 0.05) is 24.7 Å². The van der Waals surface area contributed by atoms with Gasteiger partial charge in [-0.25, -0.2) is 0 Å². The number of fused-ring (bicyclic) bond motifs is 2. The average molecular weight is 344 g/mol. The minimum atomic E-state index is -0.787. The Hall–Kier alpha value is -2.43. The average Bonchev–Trinajstić information content (AvgIpc) is 3.13. The number of ketones is 1. The van der Waals surface area contributed by atoms with Crippen molar-refractivity contribution in [1.29, 1.82) is 0 Å². The van der Waals surface area contributed by atoms with Crippen LogP contribution in [0.3, 0.4) is 0 Å². The predicted octanol–water partition coefficient (Wildman–Crippen LogP) is 3.56. The third-order valence-corrected chi connectivity index (χ3v) is 4.45. The Morgan fingerprint density at radius 2 is 2.16 bits per heavy atom. The molecule has 134 valence electrons. The van der Waals surface area contributed by atoms with E-state index < -0.39 is 5.97 Å². The Morgan fingerprint density at radius 3 is 2.84 bits per heavy atom. The lowest BCUT2D eigenvalue weighted by Crippen LogP contribution is -2.14. The molecule has 0 spiro atoms. The molecule has 0 aromatic heterocycles. The Bertz CT molecular complexity index is 615. The number of carbonyl (C=O) groups excluding carboxylic acids is 2. The second-order valence-corrected chi connectivity index (χ2v) is 6.34. The van der Waals surface area contributed by atoms with Crippen LogP contribution in [0.1, 0.15) is 44.1 Å². The fourth-order valence-electron chi connectivity index (χ4n) is 3.03. The number of unbranched alkanes of at least 4 members (excludes halogenated alkanes) is 1. The van der Waals surface area contributed by atoms with Crippen LogP contribution >= 0.6 is 0 Å². The van der Waals surface area contributed by atoms with Crippen LogP contribution in [0.5, 0.6) is 5.75 Å². The maximum Gasteiger partial charge on any atom is 0.303 e. The van der Waals surface area contributed by atoms with Crippen molar-refractivity contribution < 1.29 is 24.2 Å². The molecule has 0 radical (unpaired) electrons. The van der Waals surface area contributed by atoms with E-state index in [-0.39, 0.29) is 24.0 Å². The topological polar surface area (TPSA) is 80.7 Å². The van der Waals surface area contributed by atoms with E-state index in [0.29, 0.717) is 32.1 Å². The number of hydrogen-bond donors (Lipinski definition) is 1. The molecule has 2 atom stereocenters. The van der Waals surface area contributed by atoms with Crippen molar-refractivity contribution in [1.82, 2.24) is 0 Å². The summed E-state index contributed by atoms with van der Waals surface area (Å²) in [7, 11) is 0. The highest BCUT2D eigenvalue weighted by Crippen LogP contribution is 2.30. The summed E-state index contributed by atoms with van der Waals surface area (Å²) in [5, 5.41) is 8.44. The van der Waals surface area contributed by atoms with Gasteiger partial charge in [0.1, 0.15) is 24.4 Å². The Kier molecular flexibility index (Phi) is 7.38. The molecule has 0 saturated heterocycles. The molecule has 5 nitrogen and oxygen atoms in total. The predicted molar refractivity (Wildman–Crippen MR) is 93.3 cm³/mol. The number of aldehydes is 1. The molecule has 25 heavy (non-hydrogen) atoms. The van der Waals surface area contributed by atoms with E-state index in [0.717, 1.165) is 18.6 Å². The molecule has 1 saturated carbocycles. The Balaban J connectivity index is 0.000000230. The van der Waals surface area contributed by atoms with Gasteiger partial charge < -0.3 is 14.6 Å². The van der Waals surface area contributed by atoms with Gasteiger partial charge in [-0.3, -0.25) is 9.59 Å². The SMILES string of the molecule is O=C[C@@H]1CCC(=O)[C@@H]1CC=CCCCC(=O)O.c1cc2cc(c1)OC2. The molecule has 1 heterocycles. The summed E-state index contributed by atoms with van der Waals surface area (Å²) in [6.07, 6.45) is 7.97. The van der Waals surface area contributed by atoms with Crippen molar-refractivity contribution >= 4 is 18.0 Å². The molecule has 1 aromatic carbocycles. The van der Waals surface area contributed by atoms with Crippen molar-refractivity contribution in [3.63, 3.8) is 0 Å². The number of allylic oxidation sites excluding steroid dienone is 2. The molecule has 1 fully saturated rings. The molecular formula is C20H24O5. The van der Waals surface area contributed by atoms with Crippen molar-refractivity contribution in [2.75, 3.05) is 0 Å². The number of carboxylic acid groups (broad SMARTS) is 1. The monoisotopic (exact) mass is 344 g/mol. The molecule has 1 aromatic rings. The molecule has 1 aliphatic carbocycles. The Labute approximate surface area is 147 Å². The summed E-state index contributed by atoms with van der Waals surface area (Å²) < 4.78 is 5.18. The lowest BCUT2D eigenvalue weighted by atomic mass is 9.93. The molecule has 2 aliphatic rings. The molecule has 0 amide bonds. The maximum atomic E-state index is 11.5. The van der Waals surface area contributed by atoms with E-state index >= 15 is 0 Å². The van der Waals surface area contributed by atoms with E-state index in [2.05, 4.69) is 12.1 Å². The smallest absolute Gasteiger partial charge is 0.303 e. The van der Waals surface area contributed by atoms with Gasteiger partial charge in [0.2, 0.25) is 0 Å². The first-order valence-corrected chi connectivity index (χ1v) is 8.66. The van der Waals surface area contributed by atoms with Gasteiger partial charge in [0.15, 0.2) is 0 Å². The standard InChI is InChI=1S/C13H18O4.C7H6O/c14-9-10-7-8-12(15)11(10)5-3-1-2-4-6-13(16)17;1-2-6-4-7(3-1)8-5-6/h1,3,9-11H,2,4-8H2,(H,16,17);1-4H,5H2/t10-,11+;/m0./s1. The first kappa shape index (κ1) is 18.9. The van der Waals surface area contributed by atoms with E-state index in [1.165, 1.54) is 5.56 Å². The van der Waals surface area contributed by atoms with Crippen LogP contribution in [-0.2, 0) is 21.0 Å². The van der Waals surface area contributed by atoms with Crippen molar-refractivity contribution in [2.45, 2.75) is 45.1 Å². The van der Waals surface area contributed by atoms with Crippen LogP contribution in [0, 0.1) is 11.8 Å². The lowest BCUT2D eigenvalue weighted by Gasteiger charge is -2.09. The van der Waals surface area contributed by atoms with Crippen LogP contribution in [0.25, 0.3) is 0 Å². The number of benzene rings is 1. The van der Waals surface area contributed by atoms with Gasteiger partial charge in [0.25, 0.3) is 0 Å². The van der Waals surface area contributed by atoms with Gasteiger partial charge in [-0.05, 0) is 43.4 Å². The molecule has 3 rings (SSSR count). The first-order chi connectivity index (χ1) is 12.1. The fourth-order valence-corrected chi connectivity index (χ4v) is 3.03. The summed E-state index contributed by atoms with van der Waals surface area (Å²) in [4.78, 5) is 32.5. The second-order valence-electron chi connectivity index (χ2n) is 6.34. The third kappa shape index (κ3) is 6.18. The highest BCUT2D eigenvalue weighted by Gasteiger charge is 2.33. The zero-order chi connectivity index (χ0) is 18.1. The van der Waals surface area contributed by atoms with Crippen molar-refractivity contribution in [3.05, 3.63) is 42.0 Å². The second kappa shape index (κ2) is 9.77. The van der Waals surface area contributed by atoms with E-state index in [1.54, 1.807) is 0 Å². The lowest BCUT2D eigenvalue weighted by molar-refractivity contribution is -0.137. The number of aliphatic carboxylic acids is 1. The molecular weight excluding hydrogens is 320 g/mol. The zero-order valence-corrected chi connectivity index (χ0v) is 14.2. The summed E-state index contributed by atoms with van der Waals surface area (Å²) in [6.45, 7) is 0.766. The number of Topliss-reactive ketones (excluding diaryl/α,β-unsaturated/α-hetero) is 1. The van der Waals surface area contributed by atoms with E-state index in [1.807, 2.05) is 24.3 Å². The van der Waals surface area contributed by atoms with Crippen LogP contribution in [0.2, 0.25) is 0 Å². The van der Waals surface area contributed by atoms with E-state index in [4.69, 9.17) is 9.84 Å². The van der Waals surface area contributed by atoms with Crippen molar-refractivity contribution in [3.8, 4) is 5.75 Å². The largest absolute Gasteiger partial charge is 0.489 e. The number of ether oxygens (including phenoxy) is 1.